The highest BCUT2D eigenvalue weighted by Crippen LogP contribution is 2.47. The first-order chi connectivity index (χ1) is 6.38. The number of thiol groups is 1. The van der Waals surface area contributed by atoms with Gasteiger partial charge in [0.2, 0.25) is 0 Å². The molecule has 5 nitrogen and oxygen atoms in total. The Balaban J connectivity index is 2.84. The van der Waals surface area contributed by atoms with Crippen molar-refractivity contribution in [2.45, 2.75) is 0 Å². The third-order valence-electron chi connectivity index (χ3n) is 1.27. The average Bonchev–Trinajstić information content (AvgIpc) is 2.02. The molecule has 0 aliphatic rings. The van der Waals surface area contributed by atoms with E-state index < -0.39 is 10.6 Å². The molecule has 0 saturated carbocycles. The van der Waals surface area contributed by atoms with E-state index in [0.29, 0.717) is 0 Å². The van der Waals surface area contributed by atoms with Crippen LogP contribution in [0.15, 0.2) is 24.3 Å². The molecule has 1 unspecified atom stereocenters. The zero-order valence-corrected chi connectivity index (χ0v) is 9.34. The van der Waals surface area contributed by atoms with Crippen LogP contribution in [0.5, 0.6) is 5.75 Å². The van der Waals surface area contributed by atoms with Crippen LogP contribution in [-0.4, -0.2) is 9.82 Å². The summed E-state index contributed by atoms with van der Waals surface area (Å²) in [5, 5.41) is 10.3. The van der Waals surface area contributed by atoms with Crippen LogP contribution in [0.3, 0.4) is 0 Å². The molecule has 0 bridgehead atoms. The van der Waals surface area contributed by atoms with Crippen LogP contribution < -0.4 is 4.52 Å². The Labute approximate surface area is 90.2 Å². The highest BCUT2D eigenvalue weighted by atomic mass is 32.9. The van der Waals surface area contributed by atoms with Crippen molar-refractivity contribution in [1.82, 2.24) is 0 Å². The van der Waals surface area contributed by atoms with Gasteiger partial charge in [0.1, 0.15) is 5.75 Å². The fourth-order valence-corrected chi connectivity index (χ4v) is 1.70. The van der Waals surface area contributed by atoms with Gasteiger partial charge in [-0.3, -0.25) is 10.1 Å². The second-order valence-electron chi connectivity index (χ2n) is 2.33. The summed E-state index contributed by atoms with van der Waals surface area (Å²) in [5.41, 5.74) is -3.12. The molecule has 0 aromatic heterocycles. The second kappa shape index (κ2) is 4.27. The fourth-order valence-electron chi connectivity index (χ4n) is 0.766. The monoisotopic (exact) mass is 251 g/mol. The zero-order valence-electron chi connectivity index (χ0n) is 6.73. The minimum atomic E-state index is -3.07. The number of nitrogens with zero attached hydrogens (tertiary/aromatic N) is 1. The number of rotatable bonds is 3. The van der Waals surface area contributed by atoms with E-state index in [4.69, 9.17) is 9.42 Å². The lowest BCUT2D eigenvalue weighted by molar-refractivity contribution is -0.384. The van der Waals surface area contributed by atoms with E-state index >= 15 is 0 Å². The van der Waals surface area contributed by atoms with Crippen molar-refractivity contribution in [3.05, 3.63) is 34.4 Å². The van der Waals surface area contributed by atoms with Gasteiger partial charge in [0.15, 0.2) is 0 Å². The highest BCUT2D eigenvalue weighted by molar-refractivity contribution is 8.59. The predicted octanol–water partition coefficient (Wildman–Crippen LogP) is 2.12. The molecule has 0 aliphatic heterocycles. The predicted molar refractivity (Wildman–Crippen MR) is 59.2 cm³/mol. The van der Waals surface area contributed by atoms with Gasteiger partial charge < -0.3 is 9.42 Å². The molecular formula is C6H6NO4PS2. The van der Waals surface area contributed by atoms with Crippen molar-refractivity contribution in [3.8, 4) is 5.75 Å². The summed E-state index contributed by atoms with van der Waals surface area (Å²) in [6.07, 6.45) is 0. The average molecular weight is 251 g/mol. The largest absolute Gasteiger partial charge is 0.436 e. The van der Waals surface area contributed by atoms with Crippen LogP contribution in [0.25, 0.3) is 0 Å². The summed E-state index contributed by atoms with van der Waals surface area (Å²) in [6.45, 7) is 0. The van der Waals surface area contributed by atoms with E-state index in [2.05, 4.69) is 24.1 Å². The highest BCUT2D eigenvalue weighted by Gasteiger charge is 2.10. The number of hydrogen-bond acceptors (Lipinski definition) is 4. The first-order valence-corrected chi connectivity index (χ1v) is 7.21. The molecule has 0 heterocycles. The van der Waals surface area contributed by atoms with Crippen molar-refractivity contribution in [1.29, 1.82) is 0 Å². The Morgan fingerprint density at radius 1 is 1.50 bits per heavy atom. The molecular weight excluding hydrogens is 245 g/mol. The molecule has 0 aliphatic carbocycles. The molecule has 0 amide bonds. The quantitative estimate of drug-likeness (QED) is 0.372. The normalized spacial score (nSPS) is 14.4. The summed E-state index contributed by atoms with van der Waals surface area (Å²) in [6, 6.07) is 5.22. The number of nitro groups is 1. The first kappa shape index (κ1) is 11.5. The summed E-state index contributed by atoms with van der Waals surface area (Å²) in [5.74, 6) is 0.261. The Morgan fingerprint density at radius 2 is 2.00 bits per heavy atom. The lowest BCUT2D eigenvalue weighted by atomic mass is 10.3. The van der Waals surface area contributed by atoms with E-state index in [-0.39, 0.29) is 11.4 Å². The van der Waals surface area contributed by atoms with Gasteiger partial charge in [-0.05, 0) is 23.9 Å². The van der Waals surface area contributed by atoms with Crippen LogP contribution >= 0.6 is 17.9 Å². The van der Waals surface area contributed by atoms with E-state index in [1.807, 2.05) is 0 Å². The molecule has 14 heavy (non-hydrogen) atoms. The minimum absolute atomic E-state index is 0.0530. The Kier molecular flexibility index (Phi) is 3.49. The number of non-ortho nitro benzene ring substituents is 1. The molecule has 1 atom stereocenters. The van der Waals surface area contributed by atoms with Crippen molar-refractivity contribution >= 4 is 35.4 Å². The molecule has 76 valence electrons. The Morgan fingerprint density at radius 3 is 2.36 bits per heavy atom. The van der Waals surface area contributed by atoms with Crippen LogP contribution in [0.4, 0.5) is 5.69 Å². The maximum Gasteiger partial charge on any atom is 0.291 e. The molecule has 1 N–H and O–H groups in total. The second-order valence-corrected chi connectivity index (χ2v) is 7.42. The Hall–Kier alpha value is -0.620. The third-order valence-corrected chi connectivity index (χ3v) is 2.19. The van der Waals surface area contributed by atoms with Gasteiger partial charge in [-0.25, -0.2) is 0 Å². The van der Waals surface area contributed by atoms with E-state index in [9.17, 15) is 10.1 Å². The topological polar surface area (TPSA) is 72.6 Å². The Bertz CT molecular complexity index is 387. The van der Waals surface area contributed by atoms with Crippen molar-refractivity contribution in [2.24, 2.45) is 0 Å². The maximum absolute atomic E-state index is 10.3. The zero-order chi connectivity index (χ0) is 10.8. The standard InChI is InChI=1S/C6H6NO4PS2/c8-7(9)5-1-3-6(4-2-5)11-12(10,13)14/h1-4H,(H2,10,13,14). The number of hydrogen-bond donors (Lipinski definition) is 2. The van der Waals surface area contributed by atoms with Gasteiger partial charge in [0, 0.05) is 12.1 Å². The fraction of sp³-hybridized carbons (Fsp3) is 0. The molecule has 8 heteroatoms. The lowest BCUT2D eigenvalue weighted by Crippen LogP contribution is -1.88. The van der Waals surface area contributed by atoms with Crippen LogP contribution in [-0.2, 0) is 11.8 Å². The van der Waals surface area contributed by atoms with Crippen molar-refractivity contribution in [3.63, 3.8) is 0 Å². The SMILES string of the molecule is O=[N+]([O-])c1ccc(OP(O)(=S)S)cc1. The van der Waals surface area contributed by atoms with Crippen LogP contribution in [0.2, 0.25) is 0 Å². The summed E-state index contributed by atoms with van der Waals surface area (Å²) < 4.78 is 4.86. The molecule has 1 rings (SSSR count). The summed E-state index contributed by atoms with van der Waals surface area (Å²) in [7, 11) is 0. The molecule has 0 radical (unpaired) electrons. The number of nitro benzene ring substituents is 1. The number of benzene rings is 1. The molecule has 0 spiro atoms. The third kappa shape index (κ3) is 3.63. The molecule has 1 aromatic rings. The van der Waals surface area contributed by atoms with Crippen LogP contribution in [0, 0.1) is 10.1 Å². The van der Waals surface area contributed by atoms with E-state index in [1.165, 1.54) is 24.3 Å². The van der Waals surface area contributed by atoms with Gasteiger partial charge >= 0.3 is 0 Å². The summed E-state index contributed by atoms with van der Waals surface area (Å²) in [4.78, 5) is 18.8. The van der Waals surface area contributed by atoms with Gasteiger partial charge in [0.25, 0.3) is 11.4 Å². The van der Waals surface area contributed by atoms with Crippen LogP contribution in [0.1, 0.15) is 0 Å². The molecule has 0 fully saturated rings. The van der Waals surface area contributed by atoms with Gasteiger partial charge in [-0.15, -0.1) is 0 Å². The summed E-state index contributed by atoms with van der Waals surface area (Å²) >= 11 is 8.18. The minimum Gasteiger partial charge on any atom is -0.436 e. The van der Waals surface area contributed by atoms with E-state index in [0.717, 1.165) is 0 Å². The molecule has 0 saturated heterocycles. The van der Waals surface area contributed by atoms with Crippen molar-refractivity contribution in [2.75, 3.05) is 0 Å². The first-order valence-electron chi connectivity index (χ1n) is 3.38. The van der Waals surface area contributed by atoms with Crippen molar-refractivity contribution < 1.29 is 14.3 Å². The van der Waals surface area contributed by atoms with E-state index in [1.54, 1.807) is 0 Å². The maximum atomic E-state index is 10.3. The molecule has 1 aromatic carbocycles. The van der Waals surface area contributed by atoms with Gasteiger partial charge in [-0.2, -0.15) is 0 Å². The van der Waals surface area contributed by atoms with Gasteiger partial charge in [0.05, 0.1) is 4.92 Å². The lowest BCUT2D eigenvalue weighted by Gasteiger charge is -2.09. The van der Waals surface area contributed by atoms with Gasteiger partial charge in [-0.1, -0.05) is 12.2 Å². The smallest absolute Gasteiger partial charge is 0.291 e.